The lowest BCUT2D eigenvalue weighted by atomic mass is 10.1. The first-order valence-corrected chi connectivity index (χ1v) is 12.2. The first-order valence-electron chi connectivity index (χ1n) is 11.4. The van der Waals surface area contributed by atoms with Crippen LogP contribution in [0.5, 0.6) is 0 Å². The van der Waals surface area contributed by atoms with Crippen LogP contribution in [0.1, 0.15) is 18.1 Å². The molecule has 4 rings (SSSR count). The van der Waals surface area contributed by atoms with E-state index in [4.69, 9.17) is 10.7 Å². The number of para-hydroxylation sites is 1. The van der Waals surface area contributed by atoms with Crippen molar-refractivity contribution in [3.8, 4) is 0 Å². The summed E-state index contributed by atoms with van der Waals surface area (Å²) in [5.74, 6) is -0.0885. The predicted octanol–water partition coefficient (Wildman–Crippen LogP) is 6.08. The van der Waals surface area contributed by atoms with Crippen molar-refractivity contribution in [2.75, 3.05) is 29.5 Å². The summed E-state index contributed by atoms with van der Waals surface area (Å²) < 4.78 is 0. The van der Waals surface area contributed by atoms with Crippen molar-refractivity contribution in [2.45, 2.75) is 13.5 Å². The first-order chi connectivity index (χ1) is 17.0. The SMILES string of the molecule is C=Cc1ccccc1N(C)/C=C1\SC(=Nc2cc(N)ccc2NCC)N(Cc2ccccc2)C1=O. The van der Waals surface area contributed by atoms with Crippen LogP contribution in [0, 0.1) is 0 Å². The Labute approximate surface area is 210 Å². The van der Waals surface area contributed by atoms with Gasteiger partial charge in [0, 0.05) is 31.2 Å². The van der Waals surface area contributed by atoms with Crippen LogP contribution in [0.25, 0.3) is 6.08 Å². The number of benzene rings is 3. The number of carbonyl (C=O) groups excluding carboxylic acids is 1. The third-order valence-corrected chi connectivity index (χ3v) is 6.52. The van der Waals surface area contributed by atoms with Crippen LogP contribution in [-0.4, -0.2) is 29.6 Å². The van der Waals surface area contributed by atoms with Crippen molar-refractivity contribution < 1.29 is 4.79 Å². The van der Waals surface area contributed by atoms with E-state index in [9.17, 15) is 4.79 Å². The molecule has 1 heterocycles. The van der Waals surface area contributed by atoms with Gasteiger partial charge in [0.25, 0.3) is 5.91 Å². The predicted molar refractivity (Wildman–Crippen MR) is 150 cm³/mol. The van der Waals surface area contributed by atoms with Gasteiger partial charge >= 0.3 is 0 Å². The number of nitrogen functional groups attached to an aromatic ring is 1. The van der Waals surface area contributed by atoms with E-state index in [0.717, 1.165) is 29.0 Å². The molecule has 0 atom stereocenters. The highest BCUT2D eigenvalue weighted by atomic mass is 32.2. The van der Waals surface area contributed by atoms with Gasteiger partial charge in [0.1, 0.15) is 0 Å². The van der Waals surface area contributed by atoms with Crippen molar-refractivity contribution in [3.63, 3.8) is 0 Å². The van der Waals surface area contributed by atoms with E-state index in [0.29, 0.717) is 28.0 Å². The second-order valence-corrected chi connectivity index (χ2v) is 9.06. The zero-order valence-corrected chi connectivity index (χ0v) is 20.8. The summed E-state index contributed by atoms with van der Waals surface area (Å²) >= 11 is 1.36. The molecule has 0 bridgehead atoms. The average molecular weight is 484 g/mol. The molecule has 1 aliphatic heterocycles. The number of nitrogens with one attached hydrogen (secondary N) is 1. The Hall–Kier alpha value is -3.97. The van der Waals surface area contributed by atoms with Crippen LogP contribution in [0.3, 0.4) is 0 Å². The summed E-state index contributed by atoms with van der Waals surface area (Å²) in [6.45, 7) is 7.11. The molecule has 0 unspecified atom stereocenters. The number of aliphatic imine (C=N–C) groups is 1. The Kier molecular flexibility index (Phi) is 7.57. The molecule has 7 heteroatoms. The van der Waals surface area contributed by atoms with Crippen LogP contribution in [0.2, 0.25) is 0 Å². The van der Waals surface area contributed by atoms with E-state index in [1.165, 1.54) is 11.8 Å². The second kappa shape index (κ2) is 11.0. The minimum absolute atomic E-state index is 0.0885. The van der Waals surface area contributed by atoms with Crippen molar-refractivity contribution in [1.82, 2.24) is 4.90 Å². The van der Waals surface area contributed by atoms with Gasteiger partial charge in [-0.25, -0.2) is 4.99 Å². The third-order valence-electron chi connectivity index (χ3n) is 5.52. The lowest BCUT2D eigenvalue weighted by Gasteiger charge is -2.18. The molecule has 0 radical (unpaired) electrons. The first kappa shape index (κ1) is 24.2. The Balaban J connectivity index is 1.74. The quantitative estimate of drug-likeness (QED) is 0.300. The summed E-state index contributed by atoms with van der Waals surface area (Å²) in [6, 6.07) is 23.4. The van der Waals surface area contributed by atoms with Gasteiger partial charge in [-0.1, -0.05) is 61.2 Å². The number of anilines is 3. The number of thioether (sulfide) groups is 1. The van der Waals surface area contributed by atoms with Crippen molar-refractivity contribution in [2.24, 2.45) is 4.99 Å². The molecule has 178 valence electrons. The molecule has 1 saturated heterocycles. The molecule has 0 spiro atoms. The van der Waals surface area contributed by atoms with Crippen molar-refractivity contribution >= 4 is 51.7 Å². The summed E-state index contributed by atoms with van der Waals surface area (Å²) in [5, 5.41) is 3.93. The maximum atomic E-state index is 13.6. The maximum Gasteiger partial charge on any atom is 0.268 e. The van der Waals surface area contributed by atoms with Crippen LogP contribution < -0.4 is 16.0 Å². The van der Waals surface area contributed by atoms with Crippen LogP contribution >= 0.6 is 11.8 Å². The van der Waals surface area contributed by atoms with Gasteiger partial charge in [-0.05, 0) is 54.1 Å². The molecule has 1 aliphatic rings. The molecular formula is C28H29N5OS. The zero-order valence-electron chi connectivity index (χ0n) is 19.9. The van der Waals surface area contributed by atoms with Gasteiger partial charge in [-0.15, -0.1) is 0 Å². The number of carbonyl (C=O) groups is 1. The molecule has 3 aromatic carbocycles. The highest BCUT2D eigenvalue weighted by Crippen LogP contribution is 2.37. The summed E-state index contributed by atoms with van der Waals surface area (Å²) in [5.41, 5.74) is 11.2. The van der Waals surface area contributed by atoms with Crippen LogP contribution in [0.15, 0.2) is 95.5 Å². The standard InChI is InChI=1S/C28H29N5OS/c1-4-21-13-9-10-14-25(21)32(3)19-26-27(34)33(18-20-11-7-6-8-12-20)28(35-26)31-24-17-22(29)15-16-23(24)30-5-2/h4,6-17,19,30H,1,5,18,29H2,2-3H3/b26-19-,31-28?. The van der Waals surface area contributed by atoms with Gasteiger partial charge in [0.15, 0.2) is 5.17 Å². The second-order valence-electron chi connectivity index (χ2n) is 8.05. The zero-order chi connectivity index (χ0) is 24.8. The fraction of sp³-hybridized carbons (Fsp3) is 0.143. The van der Waals surface area contributed by atoms with Crippen molar-refractivity contribution in [1.29, 1.82) is 0 Å². The molecule has 3 N–H and O–H groups in total. The molecule has 1 amide bonds. The lowest BCUT2D eigenvalue weighted by molar-refractivity contribution is -0.122. The van der Waals surface area contributed by atoms with E-state index in [1.54, 1.807) is 4.90 Å². The van der Waals surface area contributed by atoms with Gasteiger partial charge in [0.2, 0.25) is 0 Å². The van der Waals surface area contributed by atoms with Crippen LogP contribution in [0.4, 0.5) is 22.7 Å². The van der Waals surface area contributed by atoms with E-state index in [1.807, 2.05) is 104 Å². The van der Waals surface area contributed by atoms with Crippen molar-refractivity contribution in [3.05, 3.63) is 102 Å². The smallest absolute Gasteiger partial charge is 0.268 e. The van der Waals surface area contributed by atoms with Gasteiger partial charge < -0.3 is 16.0 Å². The monoisotopic (exact) mass is 483 g/mol. The minimum Gasteiger partial charge on any atom is -0.399 e. The summed E-state index contributed by atoms with van der Waals surface area (Å²) in [4.78, 5) is 22.7. The van der Waals surface area contributed by atoms with Gasteiger partial charge in [-0.3, -0.25) is 9.69 Å². The number of amides is 1. The maximum absolute atomic E-state index is 13.6. The number of nitrogens with two attached hydrogens (primary N) is 1. The Morgan fingerprint density at radius 2 is 1.86 bits per heavy atom. The molecule has 0 saturated carbocycles. The molecule has 3 aromatic rings. The highest BCUT2D eigenvalue weighted by molar-refractivity contribution is 8.18. The Morgan fingerprint density at radius 3 is 2.60 bits per heavy atom. The van der Waals surface area contributed by atoms with Crippen LogP contribution in [-0.2, 0) is 11.3 Å². The fourth-order valence-electron chi connectivity index (χ4n) is 3.80. The van der Waals surface area contributed by atoms with E-state index in [2.05, 4.69) is 11.9 Å². The highest BCUT2D eigenvalue weighted by Gasteiger charge is 2.34. The van der Waals surface area contributed by atoms with Gasteiger partial charge in [-0.2, -0.15) is 0 Å². The average Bonchev–Trinajstić information content (AvgIpc) is 3.15. The number of nitrogens with zero attached hydrogens (tertiary/aromatic N) is 3. The Morgan fingerprint density at radius 1 is 1.11 bits per heavy atom. The normalized spacial score (nSPS) is 15.6. The molecule has 35 heavy (non-hydrogen) atoms. The van der Waals surface area contributed by atoms with E-state index >= 15 is 0 Å². The molecule has 0 aromatic heterocycles. The third kappa shape index (κ3) is 5.58. The number of hydrogen-bond acceptors (Lipinski definition) is 6. The molecule has 1 fully saturated rings. The number of hydrogen-bond donors (Lipinski definition) is 2. The minimum atomic E-state index is -0.0885. The summed E-state index contributed by atoms with van der Waals surface area (Å²) in [7, 11) is 1.93. The largest absolute Gasteiger partial charge is 0.399 e. The molecule has 0 aliphatic carbocycles. The number of rotatable bonds is 8. The topological polar surface area (TPSA) is 74.0 Å². The lowest BCUT2D eigenvalue weighted by Crippen LogP contribution is -2.28. The van der Waals surface area contributed by atoms with E-state index < -0.39 is 0 Å². The summed E-state index contributed by atoms with van der Waals surface area (Å²) in [6.07, 6.45) is 3.67. The molecule has 6 nitrogen and oxygen atoms in total. The van der Waals surface area contributed by atoms with Gasteiger partial charge in [0.05, 0.1) is 22.8 Å². The number of amidine groups is 1. The molecular weight excluding hydrogens is 454 g/mol. The van der Waals surface area contributed by atoms with E-state index in [-0.39, 0.29) is 5.91 Å². The fourth-order valence-corrected chi connectivity index (χ4v) is 4.80. The Bertz CT molecular complexity index is 1290.